The van der Waals surface area contributed by atoms with Crippen LogP contribution in [0.1, 0.15) is 5.56 Å². The van der Waals surface area contributed by atoms with Crippen LogP contribution in [0, 0.1) is 0 Å². The van der Waals surface area contributed by atoms with Crippen molar-refractivity contribution in [2.45, 2.75) is 6.42 Å². The molecule has 0 spiro atoms. The topological polar surface area (TPSA) is 39.4 Å². The Balaban J connectivity index is 2.22. The minimum absolute atomic E-state index is 0.337. The monoisotopic (exact) mass is 326 g/mol. The molecule has 0 aliphatic carbocycles. The van der Waals surface area contributed by atoms with Crippen LogP contribution in [0.2, 0.25) is 5.02 Å². The van der Waals surface area contributed by atoms with Crippen molar-refractivity contribution in [3.05, 3.63) is 49.7 Å². The Morgan fingerprint density at radius 2 is 1.94 bits per heavy atom. The van der Waals surface area contributed by atoms with Crippen molar-refractivity contribution < 1.29 is 9.15 Å². The number of hydrogen-bond acceptors (Lipinski definition) is 3. The van der Waals surface area contributed by atoms with Gasteiger partial charge in [-0.15, -0.1) is 0 Å². The summed E-state index contributed by atoms with van der Waals surface area (Å²) in [4.78, 5) is 11.8. The van der Waals surface area contributed by atoms with E-state index in [9.17, 15) is 4.79 Å². The number of rotatable bonds is 1. The van der Waals surface area contributed by atoms with E-state index >= 15 is 0 Å². The average molecular weight is 328 g/mol. The maximum atomic E-state index is 11.8. The molecule has 0 bridgehead atoms. The van der Waals surface area contributed by atoms with Gasteiger partial charge in [0.15, 0.2) is 5.76 Å². The van der Waals surface area contributed by atoms with Crippen LogP contribution in [0.25, 0.3) is 11.3 Å². The highest BCUT2D eigenvalue weighted by Gasteiger charge is 2.24. The summed E-state index contributed by atoms with van der Waals surface area (Å²) in [5.74, 6) is 1.06. The number of fused-ring (bicyclic) bond motifs is 1. The molecular weight excluding hydrogens is 319 g/mol. The maximum absolute atomic E-state index is 11.8. The first-order valence-corrected chi connectivity index (χ1v) is 6.58. The van der Waals surface area contributed by atoms with Crippen molar-refractivity contribution in [1.29, 1.82) is 0 Å². The third kappa shape index (κ3) is 1.85. The zero-order chi connectivity index (χ0) is 12.7. The summed E-state index contributed by atoms with van der Waals surface area (Å²) in [5, 5.41) is 0.634. The van der Waals surface area contributed by atoms with Crippen molar-refractivity contribution >= 4 is 27.5 Å². The molecule has 0 N–H and O–H groups in total. The SMILES string of the molecule is O=c1oc(-c2ccc(Cl)cc2)c(Br)c2c1CCO2. The molecule has 3 rings (SSSR count). The van der Waals surface area contributed by atoms with E-state index in [-0.39, 0.29) is 5.63 Å². The van der Waals surface area contributed by atoms with E-state index in [1.807, 2.05) is 0 Å². The Bertz CT molecular complexity index is 661. The Kier molecular flexibility index (Phi) is 2.92. The minimum atomic E-state index is -0.337. The average Bonchev–Trinajstić information content (AvgIpc) is 2.85. The third-order valence-electron chi connectivity index (χ3n) is 2.82. The molecule has 0 atom stereocenters. The second kappa shape index (κ2) is 4.44. The predicted molar refractivity (Wildman–Crippen MR) is 72.3 cm³/mol. The molecule has 5 heteroatoms. The molecule has 3 nitrogen and oxygen atoms in total. The molecule has 0 radical (unpaired) electrons. The standard InChI is InChI=1S/C13H8BrClO3/c14-10-11(7-1-3-8(15)4-2-7)18-13(16)9-5-6-17-12(9)10/h1-4H,5-6H2. The Labute approximate surface area is 116 Å². The lowest BCUT2D eigenvalue weighted by Crippen LogP contribution is -2.05. The number of benzene rings is 1. The first-order chi connectivity index (χ1) is 8.66. The van der Waals surface area contributed by atoms with Gasteiger partial charge in [-0.3, -0.25) is 0 Å². The molecule has 0 amide bonds. The van der Waals surface area contributed by atoms with E-state index in [0.29, 0.717) is 39.6 Å². The zero-order valence-corrected chi connectivity index (χ0v) is 11.5. The van der Waals surface area contributed by atoms with Gasteiger partial charge in [0.25, 0.3) is 0 Å². The molecule has 0 saturated carbocycles. The summed E-state index contributed by atoms with van der Waals surface area (Å²) < 4.78 is 11.5. The van der Waals surface area contributed by atoms with E-state index in [0.717, 1.165) is 5.56 Å². The smallest absolute Gasteiger partial charge is 0.343 e. The lowest BCUT2D eigenvalue weighted by Gasteiger charge is -2.07. The second-order valence-corrected chi connectivity index (χ2v) is 5.18. The summed E-state index contributed by atoms with van der Waals surface area (Å²) in [6, 6.07) is 7.09. The van der Waals surface area contributed by atoms with E-state index in [4.69, 9.17) is 20.8 Å². The summed E-state index contributed by atoms with van der Waals surface area (Å²) in [7, 11) is 0. The van der Waals surface area contributed by atoms with Crippen LogP contribution in [-0.4, -0.2) is 6.61 Å². The van der Waals surface area contributed by atoms with Crippen molar-refractivity contribution in [1.82, 2.24) is 0 Å². The fourth-order valence-corrected chi connectivity index (χ4v) is 2.73. The third-order valence-corrected chi connectivity index (χ3v) is 3.79. The number of ether oxygens (including phenoxy) is 1. The van der Waals surface area contributed by atoms with Crippen molar-refractivity contribution in [2.75, 3.05) is 6.61 Å². The Hall–Kier alpha value is -1.26. The fraction of sp³-hybridized carbons (Fsp3) is 0.154. The van der Waals surface area contributed by atoms with Gasteiger partial charge in [-0.25, -0.2) is 4.79 Å². The summed E-state index contributed by atoms with van der Waals surface area (Å²) in [6.07, 6.45) is 0.594. The summed E-state index contributed by atoms with van der Waals surface area (Å²) in [6.45, 7) is 0.517. The van der Waals surface area contributed by atoms with Crippen molar-refractivity contribution in [3.63, 3.8) is 0 Å². The molecule has 0 unspecified atom stereocenters. The quantitative estimate of drug-likeness (QED) is 0.802. The molecule has 2 heterocycles. The molecule has 1 aliphatic rings. The molecule has 92 valence electrons. The van der Waals surface area contributed by atoms with E-state index in [1.54, 1.807) is 24.3 Å². The minimum Gasteiger partial charge on any atom is -0.491 e. The van der Waals surface area contributed by atoms with Gasteiger partial charge in [-0.1, -0.05) is 11.6 Å². The van der Waals surface area contributed by atoms with Gasteiger partial charge in [0, 0.05) is 17.0 Å². The Morgan fingerprint density at radius 3 is 2.67 bits per heavy atom. The lowest BCUT2D eigenvalue weighted by atomic mass is 10.1. The molecule has 1 aromatic carbocycles. The molecule has 0 fully saturated rings. The summed E-state index contributed by atoms with van der Waals surface area (Å²) >= 11 is 9.27. The van der Waals surface area contributed by atoms with Crippen LogP contribution in [-0.2, 0) is 6.42 Å². The van der Waals surface area contributed by atoms with E-state index in [2.05, 4.69) is 15.9 Å². The molecular formula is C13H8BrClO3. The first-order valence-electron chi connectivity index (χ1n) is 5.41. The van der Waals surface area contributed by atoms with Crippen molar-refractivity contribution in [3.8, 4) is 17.1 Å². The maximum Gasteiger partial charge on any atom is 0.343 e. The van der Waals surface area contributed by atoms with Gasteiger partial charge in [-0.2, -0.15) is 0 Å². The molecule has 1 aromatic heterocycles. The zero-order valence-electron chi connectivity index (χ0n) is 9.20. The molecule has 2 aromatic rings. The van der Waals surface area contributed by atoms with Crippen LogP contribution < -0.4 is 10.4 Å². The second-order valence-electron chi connectivity index (χ2n) is 3.95. The molecule has 0 saturated heterocycles. The van der Waals surface area contributed by atoms with Crippen LogP contribution in [0.15, 0.2) is 37.9 Å². The Morgan fingerprint density at radius 1 is 1.22 bits per heavy atom. The van der Waals surface area contributed by atoms with Crippen LogP contribution in [0.3, 0.4) is 0 Å². The van der Waals surface area contributed by atoms with E-state index in [1.165, 1.54) is 0 Å². The van der Waals surface area contributed by atoms with Gasteiger partial charge in [0.1, 0.15) is 10.2 Å². The van der Waals surface area contributed by atoms with Crippen molar-refractivity contribution in [2.24, 2.45) is 0 Å². The summed E-state index contributed by atoms with van der Waals surface area (Å²) in [5.41, 5.74) is 1.04. The highest BCUT2D eigenvalue weighted by molar-refractivity contribution is 9.10. The van der Waals surface area contributed by atoms with Crippen LogP contribution >= 0.6 is 27.5 Å². The highest BCUT2D eigenvalue weighted by Crippen LogP contribution is 2.39. The van der Waals surface area contributed by atoms with Gasteiger partial charge in [-0.05, 0) is 40.2 Å². The van der Waals surface area contributed by atoms with Crippen LogP contribution in [0.4, 0.5) is 0 Å². The predicted octanol–water partition coefficient (Wildman–Crippen LogP) is 3.66. The number of halogens is 2. The highest BCUT2D eigenvalue weighted by atomic mass is 79.9. The van der Waals surface area contributed by atoms with Crippen LogP contribution in [0.5, 0.6) is 5.75 Å². The molecule has 1 aliphatic heterocycles. The van der Waals surface area contributed by atoms with Gasteiger partial charge < -0.3 is 9.15 Å². The number of hydrogen-bond donors (Lipinski definition) is 0. The van der Waals surface area contributed by atoms with Gasteiger partial charge >= 0.3 is 5.63 Å². The normalized spacial score (nSPS) is 13.2. The van der Waals surface area contributed by atoms with Gasteiger partial charge in [0.2, 0.25) is 0 Å². The molecule has 18 heavy (non-hydrogen) atoms. The van der Waals surface area contributed by atoms with Gasteiger partial charge in [0.05, 0.1) is 12.2 Å². The lowest BCUT2D eigenvalue weighted by molar-refractivity contribution is 0.353. The van der Waals surface area contributed by atoms with E-state index < -0.39 is 0 Å². The first kappa shape index (κ1) is 11.8. The largest absolute Gasteiger partial charge is 0.491 e. The fourth-order valence-electron chi connectivity index (χ4n) is 1.94.